The lowest BCUT2D eigenvalue weighted by molar-refractivity contribution is -0.137. The quantitative estimate of drug-likeness (QED) is 0.455. The number of benzene rings is 2. The first kappa shape index (κ1) is 18.8. The summed E-state index contributed by atoms with van der Waals surface area (Å²) in [4.78, 5) is 27.1. The monoisotopic (exact) mass is 432 g/mol. The van der Waals surface area contributed by atoms with Gasteiger partial charge in [-0.15, -0.1) is 11.3 Å². The van der Waals surface area contributed by atoms with E-state index in [4.69, 9.17) is 9.40 Å². The highest BCUT2D eigenvalue weighted by molar-refractivity contribution is 7.18. The number of likely N-dealkylation sites (tertiary alicyclic amines) is 1. The molecule has 0 unspecified atom stereocenters. The highest BCUT2D eigenvalue weighted by atomic mass is 32.1. The molecule has 4 heterocycles. The molecule has 0 spiro atoms. The molecular formula is C24H24N4O2S. The van der Waals surface area contributed by atoms with Crippen LogP contribution in [0, 0.1) is 5.92 Å². The zero-order chi connectivity index (χ0) is 20.8. The third kappa shape index (κ3) is 3.37. The fraction of sp³-hybridized carbons (Fsp3) is 0.375. The smallest absolute Gasteiger partial charge is 0.298 e. The normalized spacial score (nSPS) is 20.2. The molecule has 0 aliphatic carbocycles. The number of carbonyl (C=O) groups excluding carboxylic acids is 1. The summed E-state index contributed by atoms with van der Waals surface area (Å²) in [6, 6.07) is 16.9. The molecular weight excluding hydrogens is 408 g/mol. The van der Waals surface area contributed by atoms with Crippen LogP contribution in [-0.4, -0.2) is 40.4 Å². The van der Waals surface area contributed by atoms with E-state index in [1.807, 2.05) is 36.4 Å². The van der Waals surface area contributed by atoms with E-state index in [0.717, 1.165) is 66.9 Å². The molecule has 4 aromatic rings. The number of thiazole rings is 1. The van der Waals surface area contributed by atoms with Crippen molar-refractivity contribution in [3.8, 4) is 0 Å². The maximum Gasteiger partial charge on any atom is 0.298 e. The average molecular weight is 433 g/mol. The predicted molar refractivity (Wildman–Crippen MR) is 122 cm³/mol. The summed E-state index contributed by atoms with van der Waals surface area (Å²) < 4.78 is 7.12. The summed E-state index contributed by atoms with van der Waals surface area (Å²) in [5.41, 5.74) is 2.73. The van der Waals surface area contributed by atoms with Gasteiger partial charge in [-0.2, -0.15) is 4.98 Å². The molecule has 1 amide bonds. The number of amides is 1. The third-order valence-electron chi connectivity index (χ3n) is 6.53. The van der Waals surface area contributed by atoms with E-state index in [2.05, 4.69) is 26.9 Å². The zero-order valence-corrected chi connectivity index (χ0v) is 18.1. The molecule has 2 aliphatic heterocycles. The van der Waals surface area contributed by atoms with Gasteiger partial charge in [0, 0.05) is 25.6 Å². The predicted octanol–water partition coefficient (Wildman–Crippen LogP) is 5.02. The van der Waals surface area contributed by atoms with Gasteiger partial charge in [0.05, 0.1) is 16.3 Å². The number of para-hydroxylation sites is 3. The first-order valence-corrected chi connectivity index (χ1v) is 11.8. The van der Waals surface area contributed by atoms with Crippen molar-refractivity contribution >= 4 is 44.6 Å². The number of piperidine rings is 1. The number of carbonyl (C=O) groups is 1. The lowest BCUT2D eigenvalue weighted by Crippen LogP contribution is -2.42. The first-order valence-electron chi connectivity index (χ1n) is 11.0. The number of rotatable bonds is 3. The number of hydrogen-bond acceptors (Lipinski definition) is 6. The van der Waals surface area contributed by atoms with Gasteiger partial charge in [0.15, 0.2) is 5.58 Å². The Morgan fingerprint density at radius 1 is 0.935 bits per heavy atom. The largest absolute Gasteiger partial charge is 0.423 e. The first-order chi connectivity index (χ1) is 15.3. The van der Waals surface area contributed by atoms with Crippen molar-refractivity contribution in [3.63, 3.8) is 0 Å². The molecule has 0 saturated carbocycles. The van der Waals surface area contributed by atoms with Gasteiger partial charge in [-0.1, -0.05) is 24.3 Å². The number of fused-ring (bicyclic) bond motifs is 2. The van der Waals surface area contributed by atoms with Crippen molar-refractivity contribution in [2.45, 2.75) is 31.7 Å². The van der Waals surface area contributed by atoms with E-state index in [9.17, 15) is 4.79 Å². The standard InChI is InChI=1S/C24H24N4O2S/c29-23(28-13-5-8-19(28)22-25-18-7-2-4-10-21(18)31-22)16-11-14-27(15-12-16)24-26-17-6-1-3-9-20(17)30-24/h1-4,6-7,9-10,16,19H,5,8,11-15H2/t19-/m1/s1. The molecule has 2 fully saturated rings. The molecule has 0 bridgehead atoms. The SMILES string of the molecule is O=C(C1CCN(c2nc3ccccc3o2)CC1)N1CCC[C@@H]1c1nc2ccccc2s1. The molecule has 2 saturated heterocycles. The average Bonchev–Trinajstić information content (AvgIpc) is 3.55. The summed E-state index contributed by atoms with van der Waals surface area (Å²) in [5, 5.41) is 1.08. The summed E-state index contributed by atoms with van der Waals surface area (Å²) in [7, 11) is 0. The summed E-state index contributed by atoms with van der Waals surface area (Å²) in [6.45, 7) is 2.43. The minimum absolute atomic E-state index is 0.0654. The van der Waals surface area contributed by atoms with Crippen LogP contribution in [0.1, 0.15) is 36.7 Å². The summed E-state index contributed by atoms with van der Waals surface area (Å²) >= 11 is 1.73. The molecule has 2 aromatic heterocycles. The Balaban J connectivity index is 1.15. The second-order valence-corrected chi connectivity index (χ2v) is 9.50. The molecule has 0 N–H and O–H groups in total. The van der Waals surface area contributed by atoms with Crippen LogP contribution in [0.4, 0.5) is 6.01 Å². The van der Waals surface area contributed by atoms with Crippen LogP contribution < -0.4 is 4.90 Å². The van der Waals surface area contributed by atoms with Crippen molar-refractivity contribution in [1.29, 1.82) is 0 Å². The second kappa shape index (κ2) is 7.64. The maximum absolute atomic E-state index is 13.4. The number of aromatic nitrogens is 2. The van der Waals surface area contributed by atoms with Gasteiger partial charge in [-0.05, 0) is 49.9 Å². The van der Waals surface area contributed by atoms with Gasteiger partial charge < -0.3 is 14.2 Å². The fourth-order valence-electron chi connectivity index (χ4n) is 4.87. The van der Waals surface area contributed by atoms with E-state index in [1.165, 1.54) is 4.70 Å². The van der Waals surface area contributed by atoms with Gasteiger partial charge in [0.1, 0.15) is 10.5 Å². The van der Waals surface area contributed by atoms with Crippen molar-refractivity contribution in [2.75, 3.05) is 24.5 Å². The molecule has 0 radical (unpaired) electrons. The zero-order valence-electron chi connectivity index (χ0n) is 17.2. The van der Waals surface area contributed by atoms with Gasteiger partial charge in [0.25, 0.3) is 6.01 Å². The molecule has 2 aliphatic rings. The van der Waals surface area contributed by atoms with Crippen LogP contribution in [0.2, 0.25) is 0 Å². The van der Waals surface area contributed by atoms with Crippen LogP contribution in [0.25, 0.3) is 21.3 Å². The minimum atomic E-state index is 0.0654. The molecule has 158 valence electrons. The lowest BCUT2D eigenvalue weighted by Gasteiger charge is -2.33. The highest BCUT2D eigenvalue weighted by Gasteiger charge is 2.37. The second-order valence-electron chi connectivity index (χ2n) is 8.43. The van der Waals surface area contributed by atoms with Crippen molar-refractivity contribution < 1.29 is 9.21 Å². The Labute approximate surface area is 184 Å². The fourth-order valence-corrected chi connectivity index (χ4v) is 5.98. The van der Waals surface area contributed by atoms with Gasteiger partial charge >= 0.3 is 0 Å². The van der Waals surface area contributed by atoms with E-state index >= 15 is 0 Å². The highest BCUT2D eigenvalue weighted by Crippen LogP contribution is 2.38. The van der Waals surface area contributed by atoms with Crippen LogP contribution in [0.3, 0.4) is 0 Å². The maximum atomic E-state index is 13.4. The van der Waals surface area contributed by atoms with Gasteiger partial charge in [-0.3, -0.25) is 4.79 Å². The van der Waals surface area contributed by atoms with E-state index < -0.39 is 0 Å². The van der Waals surface area contributed by atoms with E-state index in [1.54, 1.807) is 11.3 Å². The van der Waals surface area contributed by atoms with E-state index in [-0.39, 0.29) is 12.0 Å². The van der Waals surface area contributed by atoms with Crippen LogP contribution in [0.15, 0.2) is 52.9 Å². The lowest BCUT2D eigenvalue weighted by atomic mass is 9.95. The third-order valence-corrected chi connectivity index (χ3v) is 7.67. The number of nitrogens with zero attached hydrogens (tertiary/aromatic N) is 4. The van der Waals surface area contributed by atoms with Crippen LogP contribution in [0.5, 0.6) is 0 Å². The minimum Gasteiger partial charge on any atom is -0.423 e. The number of oxazole rings is 1. The van der Waals surface area contributed by atoms with E-state index in [0.29, 0.717) is 11.9 Å². The Morgan fingerprint density at radius 3 is 2.52 bits per heavy atom. The van der Waals surface area contributed by atoms with Crippen LogP contribution >= 0.6 is 11.3 Å². The Hall–Kier alpha value is -2.93. The van der Waals surface area contributed by atoms with Gasteiger partial charge in [-0.25, -0.2) is 4.98 Å². The molecule has 2 aromatic carbocycles. The number of hydrogen-bond donors (Lipinski definition) is 0. The number of anilines is 1. The van der Waals surface area contributed by atoms with Crippen molar-refractivity contribution in [3.05, 3.63) is 53.5 Å². The van der Waals surface area contributed by atoms with Crippen molar-refractivity contribution in [2.24, 2.45) is 5.92 Å². The Kier molecular flexibility index (Phi) is 4.64. The molecule has 7 heteroatoms. The molecule has 1 atom stereocenters. The molecule has 6 nitrogen and oxygen atoms in total. The topological polar surface area (TPSA) is 62.5 Å². The van der Waals surface area contributed by atoms with Crippen molar-refractivity contribution in [1.82, 2.24) is 14.9 Å². The summed E-state index contributed by atoms with van der Waals surface area (Å²) in [5.74, 6) is 0.356. The molecule has 6 rings (SSSR count). The van der Waals surface area contributed by atoms with Gasteiger partial charge in [0.2, 0.25) is 5.91 Å². The van der Waals surface area contributed by atoms with Crippen LogP contribution in [-0.2, 0) is 4.79 Å². The molecule has 31 heavy (non-hydrogen) atoms. The summed E-state index contributed by atoms with van der Waals surface area (Å²) in [6.07, 6.45) is 3.72. The Morgan fingerprint density at radius 2 is 1.71 bits per heavy atom. The Bertz CT molecular complexity index is 1170.